The van der Waals surface area contributed by atoms with Crippen LogP contribution in [-0.2, 0) is 0 Å². The van der Waals surface area contributed by atoms with Gasteiger partial charge in [0.25, 0.3) is 0 Å². The molecular weight excluding hydrogens is 288 g/mol. The fourth-order valence-corrected chi connectivity index (χ4v) is 2.95. The summed E-state index contributed by atoms with van der Waals surface area (Å²) in [5.74, 6) is 1.79. The van der Waals surface area contributed by atoms with Crippen molar-refractivity contribution in [2.75, 3.05) is 19.0 Å². The number of nitrogens with one attached hydrogen (secondary N) is 2. The predicted molar refractivity (Wildman–Crippen MR) is 93.2 cm³/mol. The third kappa shape index (κ3) is 2.65. The lowest BCUT2D eigenvalue weighted by Gasteiger charge is -2.14. The van der Waals surface area contributed by atoms with E-state index in [4.69, 9.17) is 9.73 Å². The van der Waals surface area contributed by atoms with Crippen molar-refractivity contribution in [1.29, 1.82) is 0 Å². The summed E-state index contributed by atoms with van der Waals surface area (Å²) in [5.41, 5.74) is 1.96. The maximum Gasteiger partial charge on any atom is 0.121 e. The van der Waals surface area contributed by atoms with Crippen LogP contribution in [0, 0.1) is 0 Å². The van der Waals surface area contributed by atoms with E-state index in [1.165, 1.54) is 0 Å². The van der Waals surface area contributed by atoms with E-state index < -0.39 is 0 Å². The smallest absolute Gasteiger partial charge is 0.121 e. The first-order chi connectivity index (χ1) is 11.3. The number of fused-ring (bicyclic) bond motifs is 2. The van der Waals surface area contributed by atoms with E-state index in [1.54, 1.807) is 13.3 Å². The van der Waals surface area contributed by atoms with Gasteiger partial charge in [-0.05, 0) is 18.2 Å². The Hall–Kier alpha value is -2.82. The molecule has 1 aliphatic carbocycles. The van der Waals surface area contributed by atoms with E-state index in [9.17, 15) is 0 Å². The van der Waals surface area contributed by atoms with E-state index >= 15 is 0 Å². The topological polar surface area (TPSA) is 58.5 Å². The van der Waals surface area contributed by atoms with Gasteiger partial charge >= 0.3 is 0 Å². The summed E-state index contributed by atoms with van der Waals surface area (Å²) in [6.45, 7) is 0.666. The van der Waals surface area contributed by atoms with Crippen LogP contribution in [0.4, 0.5) is 5.69 Å². The molecule has 0 amide bonds. The number of hydrogen-bond acceptors (Lipinski definition) is 5. The highest BCUT2D eigenvalue weighted by atomic mass is 16.5. The number of hydrogen-bond donors (Lipinski definition) is 2. The zero-order chi connectivity index (χ0) is 15.6. The number of anilines is 1. The van der Waals surface area contributed by atoms with Gasteiger partial charge in [0.1, 0.15) is 11.6 Å². The zero-order valence-electron chi connectivity index (χ0n) is 12.9. The zero-order valence-corrected chi connectivity index (χ0v) is 12.9. The maximum atomic E-state index is 5.26. The molecule has 1 aromatic heterocycles. The number of amidine groups is 1. The highest BCUT2D eigenvalue weighted by Crippen LogP contribution is 2.25. The lowest BCUT2D eigenvalue weighted by Crippen LogP contribution is -2.35. The number of allylic oxidation sites excluding steroid dienone is 2. The Bertz CT molecular complexity index is 825. The number of ether oxygens (including phenoxy) is 1. The second-order valence-electron chi connectivity index (χ2n) is 5.60. The molecule has 5 heteroatoms. The molecule has 0 fully saturated rings. The van der Waals surface area contributed by atoms with Gasteiger partial charge in [0, 0.05) is 23.3 Å². The number of benzene rings is 1. The fraction of sp³-hybridized carbons (Fsp3) is 0.222. The highest BCUT2D eigenvalue weighted by Gasteiger charge is 2.25. The number of aromatic nitrogens is 1. The quantitative estimate of drug-likeness (QED) is 0.911. The second kappa shape index (κ2) is 5.76. The predicted octanol–water partition coefficient (Wildman–Crippen LogP) is 2.52. The van der Waals surface area contributed by atoms with Gasteiger partial charge in [-0.1, -0.05) is 24.3 Å². The van der Waals surface area contributed by atoms with Gasteiger partial charge in [0.15, 0.2) is 0 Å². The van der Waals surface area contributed by atoms with E-state index in [2.05, 4.69) is 33.8 Å². The molecule has 4 rings (SSSR count). The SMILES string of the molecule is COc1ccc2c(NCC3=NC4C=CC=CC4N3)ccnc2c1. The van der Waals surface area contributed by atoms with Crippen molar-refractivity contribution in [2.24, 2.45) is 4.99 Å². The Balaban J connectivity index is 1.52. The molecule has 2 aliphatic rings. The largest absolute Gasteiger partial charge is 0.497 e. The Morgan fingerprint density at radius 1 is 1.22 bits per heavy atom. The van der Waals surface area contributed by atoms with Crippen molar-refractivity contribution >= 4 is 22.4 Å². The van der Waals surface area contributed by atoms with E-state index in [1.807, 2.05) is 30.3 Å². The van der Waals surface area contributed by atoms with Gasteiger partial charge in [-0.15, -0.1) is 0 Å². The molecule has 0 saturated carbocycles. The average molecular weight is 306 g/mol. The van der Waals surface area contributed by atoms with Crippen molar-refractivity contribution in [1.82, 2.24) is 10.3 Å². The molecule has 1 aliphatic heterocycles. The summed E-state index contributed by atoms with van der Waals surface area (Å²) in [7, 11) is 1.66. The molecule has 2 unspecified atom stereocenters. The van der Waals surface area contributed by atoms with Crippen LogP contribution < -0.4 is 15.4 Å². The summed E-state index contributed by atoms with van der Waals surface area (Å²) >= 11 is 0. The highest BCUT2D eigenvalue weighted by molar-refractivity contribution is 5.95. The van der Waals surface area contributed by atoms with E-state index in [-0.39, 0.29) is 12.1 Å². The van der Waals surface area contributed by atoms with Crippen LogP contribution in [0.25, 0.3) is 10.9 Å². The minimum atomic E-state index is 0.218. The van der Waals surface area contributed by atoms with Crippen molar-refractivity contribution in [3.63, 3.8) is 0 Å². The molecule has 2 atom stereocenters. The van der Waals surface area contributed by atoms with Gasteiger partial charge in [-0.3, -0.25) is 9.98 Å². The van der Waals surface area contributed by atoms with Gasteiger partial charge in [0.05, 0.1) is 31.3 Å². The van der Waals surface area contributed by atoms with Crippen LogP contribution in [0.5, 0.6) is 5.75 Å². The van der Waals surface area contributed by atoms with E-state index in [0.29, 0.717) is 6.54 Å². The molecule has 0 saturated heterocycles. The normalized spacial score (nSPS) is 21.7. The van der Waals surface area contributed by atoms with E-state index in [0.717, 1.165) is 28.2 Å². The molecular formula is C18H18N4O. The van der Waals surface area contributed by atoms with Crippen molar-refractivity contribution in [2.45, 2.75) is 12.1 Å². The van der Waals surface area contributed by atoms with Crippen molar-refractivity contribution in [3.8, 4) is 5.75 Å². The molecule has 5 nitrogen and oxygen atoms in total. The second-order valence-corrected chi connectivity index (χ2v) is 5.60. The third-order valence-electron chi connectivity index (χ3n) is 4.14. The number of aliphatic imine (C=N–C) groups is 1. The van der Waals surface area contributed by atoms with Crippen LogP contribution in [0.2, 0.25) is 0 Å². The van der Waals surface area contributed by atoms with Crippen molar-refractivity contribution < 1.29 is 4.74 Å². The Kier molecular flexibility index (Phi) is 3.46. The number of pyridine rings is 1. The molecule has 0 radical (unpaired) electrons. The maximum absolute atomic E-state index is 5.26. The Morgan fingerprint density at radius 2 is 2.13 bits per heavy atom. The molecule has 116 valence electrons. The molecule has 2 heterocycles. The summed E-state index contributed by atoms with van der Waals surface area (Å²) in [5, 5.41) is 7.97. The average Bonchev–Trinajstić information content (AvgIpc) is 3.02. The third-order valence-corrected chi connectivity index (χ3v) is 4.14. The Labute approximate surface area is 134 Å². The summed E-state index contributed by atoms with van der Waals surface area (Å²) in [4.78, 5) is 9.11. The van der Waals surface area contributed by atoms with Gasteiger partial charge in [-0.2, -0.15) is 0 Å². The lowest BCUT2D eigenvalue weighted by atomic mass is 10.1. The first-order valence-corrected chi connectivity index (χ1v) is 7.68. The number of nitrogens with zero attached hydrogens (tertiary/aromatic N) is 2. The fourth-order valence-electron chi connectivity index (χ4n) is 2.95. The number of rotatable bonds is 4. The first kappa shape index (κ1) is 13.8. The summed E-state index contributed by atoms with van der Waals surface area (Å²) < 4.78 is 5.26. The van der Waals surface area contributed by atoms with Crippen LogP contribution in [-0.4, -0.2) is 36.6 Å². The molecule has 23 heavy (non-hydrogen) atoms. The molecule has 0 spiro atoms. The molecule has 2 aromatic rings. The van der Waals surface area contributed by atoms with Crippen LogP contribution in [0.3, 0.4) is 0 Å². The van der Waals surface area contributed by atoms with Gasteiger partial charge in [0.2, 0.25) is 0 Å². The monoisotopic (exact) mass is 306 g/mol. The summed E-state index contributed by atoms with van der Waals surface area (Å²) in [6, 6.07) is 8.40. The minimum absolute atomic E-state index is 0.218. The lowest BCUT2D eigenvalue weighted by molar-refractivity contribution is 0.415. The van der Waals surface area contributed by atoms with Gasteiger partial charge < -0.3 is 15.4 Å². The molecule has 2 N–H and O–H groups in total. The summed E-state index contributed by atoms with van der Waals surface area (Å²) in [6.07, 6.45) is 10.2. The minimum Gasteiger partial charge on any atom is -0.497 e. The standard InChI is InChI=1S/C18H18N4O/c1-23-12-6-7-13-14(8-9-19-17(13)10-12)20-11-18-21-15-4-2-3-5-16(15)22-18/h2-10,15-16H,11H2,1H3,(H,19,20)(H,21,22). The van der Waals surface area contributed by atoms with Gasteiger partial charge in [-0.25, -0.2) is 0 Å². The molecule has 1 aromatic carbocycles. The Morgan fingerprint density at radius 3 is 3.00 bits per heavy atom. The van der Waals surface area contributed by atoms with Crippen LogP contribution in [0.15, 0.2) is 59.8 Å². The van der Waals surface area contributed by atoms with Crippen LogP contribution >= 0.6 is 0 Å². The van der Waals surface area contributed by atoms with Crippen LogP contribution in [0.1, 0.15) is 0 Å². The first-order valence-electron chi connectivity index (χ1n) is 7.68. The van der Waals surface area contributed by atoms with Crippen molar-refractivity contribution in [3.05, 3.63) is 54.8 Å². The number of methoxy groups -OCH3 is 1. The molecule has 0 bridgehead atoms.